The minimum absolute atomic E-state index is 0.137. The van der Waals surface area contributed by atoms with Gasteiger partial charge in [-0.1, -0.05) is 34.6 Å². The van der Waals surface area contributed by atoms with Gasteiger partial charge in [0.05, 0.1) is 18.0 Å². The molecular weight excluding hydrogens is 414 g/mol. The van der Waals surface area contributed by atoms with Crippen LogP contribution in [0.15, 0.2) is 64.8 Å². The third kappa shape index (κ3) is 4.79. The molecule has 1 aromatic carbocycles. The van der Waals surface area contributed by atoms with Crippen LogP contribution in [-0.4, -0.2) is 41.5 Å². The van der Waals surface area contributed by atoms with Crippen LogP contribution in [0.1, 0.15) is 5.89 Å². The van der Waals surface area contributed by atoms with Gasteiger partial charge in [0.25, 0.3) is 0 Å². The SMILES string of the molecule is O=C(CSc1nncn1-c1cccc(Cl)c1)NCc1nc(-c2ccncc2)no1. The molecule has 9 nitrogen and oxygen atoms in total. The van der Waals surface area contributed by atoms with Crippen molar-refractivity contribution in [3.63, 3.8) is 0 Å². The highest BCUT2D eigenvalue weighted by molar-refractivity contribution is 7.99. The molecule has 4 rings (SSSR count). The molecule has 3 heterocycles. The number of benzene rings is 1. The van der Waals surface area contributed by atoms with Crippen molar-refractivity contribution >= 4 is 29.3 Å². The number of amides is 1. The Morgan fingerprint density at radius 3 is 2.93 bits per heavy atom. The van der Waals surface area contributed by atoms with Crippen molar-refractivity contribution in [2.75, 3.05) is 5.75 Å². The lowest BCUT2D eigenvalue weighted by Crippen LogP contribution is -2.24. The Hall–Kier alpha value is -3.24. The standard InChI is InChI=1S/C18H14ClN7O2S/c19-13-2-1-3-14(8-13)26-11-22-24-18(26)29-10-15(27)21-9-16-23-17(25-28-16)12-4-6-20-7-5-12/h1-8,11H,9-10H2,(H,21,27). The van der Waals surface area contributed by atoms with Gasteiger partial charge in [0.15, 0.2) is 5.16 Å². The number of nitrogens with zero attached hydrogens (tertiary/aromatic N) is 6. The highest BCUT2D eigenvalue weighted by atomic mass is 35.5. The maximum Gasteiger partial charge on any atom is 0.246 e. The molecule has 0 atom stereocenters. The fraction of sp³-hybridized carbons (Fsp3) is 0.111. The van der Waals surface area contributed by atoms with Crippen molar-refractivity contribution in [2.45, 2.75) is 11.7 Å². The summed E-state index contributed by atoms with van der Waals surface area (Å²) in [7, 11) is 0. The second-order valence-corrected chi connectivity index (χ2v) is 7.16. The number of carbonyl (C=O) groups excluding carboxylic acids is 1. The summed E-state index contributed by atoms with van der Waals surface area (Å²) in [5.74, 6) is 0.724. The van der Waals surface area contributed by atoms with E-state index in [0.29, 0.717) is 21.9 Å². The molecular formula is C18H14ClN7O2S. The molecule has 0 aliphatic rings. The first kappa shape index (κ1) is 19.1. The molecule has 0 aliphatic carbocycles. The molecule has 0 saturated heterocycles. The van der Waals surface area contributed by atoms with Crippen LogP contribution >= 0.6 is 23.4 Å². The number of pyridine rings is 1. The first-order valence-electron chi connectivity index (χ1n) is 8.47. The highest BCUT2D eigenvalue weighted by Gasteiger charge is 2.12. The van der Waals surface area contributed by atoms with Gasteiger partial charge < -0.3 is 9.84 Å². The summed E-state index contributed by atoms with van der Waals surface area (Å²) >= 11 is 7.29. The predicted molar refractivity (Wildman–Crippen MR) is 106 cm³/mol. The van der Waals surface area contributed by atoms with Gasteiger partial charge in [0.1, 0.15) is 6.33 Å². The maximum atomic E-state index is 12.2. The van der Waals surface area contributed by atoms with E-state index < -0.39 is 0 Å². The summed E-state index contributed by atoms with van der Waals surface area (Å²) in [6, 6.07) is 10.9. The van der Waals surface area contributed by atoms with Crippen molar-refractivity contribution < 1.29 is 9.32 Å². The zero-order valence-corrected chi connectivity index (χ0v) is 16.5. The molecule has 146 valence electrons. The predicted octanol–water partition coefficient (Wildman–Crippen LogP) is 2.77. The molecule has 1 N–H and O–H groups in total. The molecule has 0 radical (unpaired) electrons. The van der Waals surface area contributed by atoms with Crippen LogP contribution in [0.3, 0.4) is 0 Å². The average Bonchev–Trinajstić information content (AvgIpc) is 3.41. The monoisotopic (exact) mass is 427 g/mol. The van der Waals surface area contributed by atoms with Crippen LogP contribution in [0.25, 0.3) is 17.1 Å². The summed E-state index contributed by atoms with van der Waals surface area (Å²) in [4.78, 5) is 20.4. The van der Waals surface area contributed by atoms with Gasteiger partial charge in [-0.15, -0.1) is 10.2 Å². The lowest BCUT2D eigenvalue weighted by Gasteiger charge is -2.06. The highest BCUT2D eigenvalue weighted by Crippen LogP contribution is 2.21. The normalized spacial score (nSPS) is 10.8. The van der Waals surface area contributed by atoms with E-state index in [-0.39, 0.29) is 18.2 Å². The molecule has 1 amide bonds. The Labute approximate surface area is 174 Å². The van der Waals surface area contributed by atoms with E-state index in [1.54, 1.807) is 47.6 Å². The molecule has 3 aromatic heterocycles. The van der Waals surface area contributed by atoms with Crippen LogP contribution in [0, 0.1) is 0 Å². The van der Waals surface area contributed by atoms with Crippen LogP contribution in [-0.2, 0) is 11.3 Å². The van der Waals surface area contributed by atoms with E-state index in [2.05, 4.69) is 30.6 Å². The second-order valence-electron chi connectivity index (χ2n) is 5.78. The first-order valence-corrected chi connectivity index (χ1v) is 9.84. The topological polar surface area (TPSA) is 112 Å². The number of hydrogen-bond acceptors (Lipinski definition) is 8. The number of aromatic nitrogens is 6. The largest absolute Gasteiger partial charge is 0.346 e. The van der Waals surface area contributed by atoms with Crippen molar-refractivity contribution in [1.82, 2.24) is 35.2 Å². The molecule has 0 spiro atoms. The third-order valence-electron chi connectivity index (χ3n) is 3.78. The molecule has 0 saturated carbocycles. The zero-order valence-electron chi connectivity index (χ0n) is 14.9. The van der Waals surface area contributed by atoms with E-state index >= 15 is 0 Å². The number of thioether (sulfide) groups is 1. The van der Waals surface area contributed by atoms with Crippen molar-refractivity contribution in [1.29, 1.82) is 0 Å². The Bertz CT molecular complexity index is 1120. The summed E-state index contributed by atoms with van der Waals surface area (Å²) in [5.41, 5.74) is 1.61. The number of rotatable bonds is 7. The van der Waals surface area contributed by atoms with E-state index in [0.717, 1.165) is 11.3 Å². The van der Waals surface area contributed by atoms with Gasteiger partial charge in [-0.2, -0.15) is 4.98 Å². The number of hydrogen-bond donors (Lipinski definition) is 1. The van der Waals surface area contributed by atoms with Gasteiger partial charge in [0.2, 0.25) is 17.6 Å². The van der Waals surface area contributed by atoms with Crippen LogP contribution < -0.4 is 5.32 Å². The number of halogens is 1. The van der Waals surface area contributed by atoms with Gasteiger partial charge in [0, 0.05) is 23.0 Å². The summed E-state index contributed by atoms with van der Waals surface area (Å²) in [6.45, 7) is 0.137. The van der Waals surface area contributed by atoms with Gasteiger partial charge >= 0.3 is 0 Å². The van der Waals surface area contributed by atoms with Crippen molar-refractivity contribution in [3.05, 3.63) is 66.0 Å². The third-order valence-corrected chi connectivity index (χ3v) is 4.96. The van der Waals surface area contributed by atoms with Crippen LogP contribution in [0.4, 0.5) is 0 Å². The smallest absolute Gasteiger partial charge is 0.246 e. The number of carbonyl (C=O) groups is 1. The molecule has 0 unspecified atom stereocenters. The Morgan fingerprint density at radius 2 is 2.10 bits per heavy atom. The molecule has 0 bridgehead atoms. The van der Waals surface area contributed by atoms with E-state index in [4.69, 9.17) is 16.1 Å². The first-order chi connectivity index (χ1) is 14.2. The zero-order chi connectivity index (χ0) is 20.1. The van der Waals surface area contributed by atoms with E-state index in [1.165, 1.54) is 11.8 Å². The molecule has 29 heavy (non-hydrogen) atoms. The average molecular weight is 428 g/mol. The minimum atomic E-state index is -0.195. The Morgan fingerprint density at radius 1 is 1.24 bits per heavy atom. The number of nitrogens with one attached hydrogen (secondary N) is 1. The van der Waals surface area contributed by atoms with Gasteiger partial charge in [-0.05, 0) is 30.3 Å². The lowest BCUT2D eigenvalue weighted by molar-refractivity contribution is -0.118. The fourth-order valence-corrected chi connectivity index (χ4v) is 3.37. The summed E-state index contributed by atoms with van der Waals surface area (Å²) in [6.07, 6.45) is 4.87. The Balaban J connectivity index is 1.32. The summed E-state index contributed by atoms with van der Waals surface area (Å²) < 4.78 is 6.93. The second kappa shape index (κ2) is 8.84. The van der Waals surface area contributed by atoms with Crippen LogP contribution in [0.5, 0.6) is 0 Å². The van der Waals surface area contributed by atoms with E-state index in [9.17, 15) is 4.79 Å². The summed E-state index contributed by atoms with van der Waals surface area (Å²) in [5, 5.41) is 15.8. The van der Waals surface area contributed by atoms with Crippen LogP contribution in [0.2, 0.25) is 5.02 Å². The molecule has 4 aromatic rings. The van der Waals surface area contributed by atoms with Crippen molar-refractivity contribution in [3.8, 4) is 17.1 Å². The van der Waals surface area contributed by atoms with Gasteiger partial charge in [-0.3, -0.25) is 14.3 Å². The lowest BCUT2D eigenvalue weighted by atomic mass is 10.2. The molecule has 11 heteroatoms. The maximum absolute atomic E-state index is 12.2. The fourth-order valence-electron chi connectivity index (χ4n) is 2.43. The Kier molecular flexibility index (Phi) is 5.82. The van der Waals surface area contributed by atoms with Crippen molar-refractivity contribution in [2.24, 2.45) is 0 Å². The quantitative estimate of drug-likeness (QED) is 0.448. The molecule has 0 aliphatic heterocycles. The van der Waals surface area contributed by atoms with Gasteiger partial charge in [-0.25, -0.2) is 0 Å². The molecule has 0 fully saturated rings. The van der Waals surface area contributed by atoms with E-state index in [1.807, 2.05) is 12.1 Å². The minimum Gasteiger partial charge on any atom is -0.346 e.